The van der Waals surface area contributed by atoms with Gasteiger partial charge in [-0.05, 0) is 24.1 Å². The van der Waals surface area contributed by atoms with Crippen LogP contribution in [0, 0.1) is 0 Å². The summed E-state index contributed by atoms with van der Waals surface area (Å²) in [7, 11) is -1.87. The van der Waals surface area contributed by atoms with E-state index in [0.717, 1.165) is 11.3 Å². The third kappa shape index (κ3) is 3.74. The summed E-state index contributed by atoms with van der Waals surface area (Å²) in [5.41, 5.74) is 1.09. The SMILES string of the molecule is Cn1cc(S(=O)(=O)NCC[C@@H](c2ccccc2)c2ccco2)cn1. The Labute approximate surface area is 141 Å². The highest BCUT2D eigenvalue weighted by atomic mass is 32.2. The van der Waals surface area contributed by atoms with Crippen LogP contribution in [0.15, 0.2) is 70.4 Å². The first-order valence-corrected chi connectivity index (χ1v) is 9.11. The van der Waals surface area contributed by atoms with Gasteiger partial charge < -0.3 is 4.42 Å². The molecule has 0 spiro atoms. The van der Waals surface area contributed by atoms with Gasteiger partial charge in [-0.3, -0.25) is 4.68 Å². The first kappa shape index (κ1) is 16.5. The average Bonchev–Trinajstić information content (AvgIpc) is 3.24. The third-order valence-electron chi connectivity index (χ3n) is 3.81. The normalized spacial score (nSPS) is 13.0. The molecule has 7 heteroatoms. The van der Waals surface area contributed by atoms with Gasteiger partial charge in [-0.25, -0.2) is 13.1 Å². The molecule has 3 rings (SSSR count). The van der Waals surface area contributed by atoms with E-state index in [-0.39, 0.29) is 10.8 Å². The lowest BCUT2D eigenvalue weighted by Crippen LogP contribution is -2.25. The molecule has 24 heavy (non-hydrogen) atoms. The molecule has 0 saturated heterocycles. The van der Waals surface area contributed by atoms with Crippen molar-refractivity contribution in [3.8, 4) is 0 Å². The predicted octanol–water partition coefficient (Wildman–Crippen LogP) is 2.51. The fourth-order valence-electron chi connectivity index (χ4n) is 2.61. The average molecular weight is 345 g/mol. The molecule has 0 amide bonds. The zero-order valence-electron chi connectivity index (χ0n) is 13.3. The van der Waals surface area contributed by atoms with E-state index >= 15 is 0 Å². The standard InChI is InChI=1S/C17H19N3O3S/c1-20-13-15(12-18-20)24(21,22)19-10-9-16(17-8-5-11-23-17)14-6-3-2-4-7-14/h2-8,11-13,16,19H,9-10H2,1H3/t16-/m0/s1. The minimum absolute atomic E-state index is 0.00204. The summed E-state index contributed by atoms with van der Waals surface area (Å²) < 4.78 is 34.1. The summed E-state index contributed by atoms with van der Waals surface area (Å²) in [6.07, 6.45) is 5.04. The highest BCUT2D eigenvalue weighted by Crippen LogP contribution is 2.28. The van der Waals surface area contributed by atoms with Crippen LogP contribution >= 0.6 is 0 Å². The second-order valence-corrected chi connectivity index (χ2v) is 7.28. The smallest absolute Gasteiger partial charge is 0.243 e. The lowest BCUT2D eigenvalue weighted by atomic mass is 9.93. The fourth-order valence-corrected chi connectivity index (χ4v) is 3.64. The van der Waals surface area contributed by atoms with Gasteiger partial charge >= 0.3 is 0 Å². The molecule has 0 aliphatic carbocycles. The van der Waals surface area contributed by atoms with Crippen LogP contribution in [-0.4, -0.2) is 24.7 Å². The third-order valence-corrected chi connectivity index (χ3v) is 5.22. The Morgan fingerprint density at radius 1 is 1.21 bits per heavy atom. The molecular weight excluding hydrogens is 326 g/mol. The van der Waals surface area contributed by atoms with Gasteiger partial charge in [0, 0.05) is 25.7 Å². The summed E-state index contributed by atoms with van der Waals surface area (Å²) in [5, 5.41) is 3.90. The van der Waals surface area contributed by atoms with Gasteiger partial charge in [0.25, 0.3) is 0 Å². The molecule has 0 fully saturated rings. The first-order valence-electron chi connectivity index (χ1n) is 7.63. The van der Waals surface area contributed by atoms with Crippen LogP contribution in [0.5, 0.6) is 0 Å². The number of hydrogen-bond acceptors (Lipinski definition) is 4. The second-order valence-electron chi connectivity index (χ2n) is 5.51. The van der Waals surface area contributed by atoms with Crippen molar-refractivity contribution in [3.05, 3.63) is 72.4 Å². The van der Waals surface area contributed by atoms with Gasteiger partial charge in [-0.1, -0.05) is 30.3 Å². The van der Waals surface area contributed by atoms with E-state index in [1.54, 1.807) is 13.3 Å². The molecule has 0 radical (unpaired) electrons. The molecule has 1 N–H and O–H groups in total. The summed E-state index contributed by atoms with van der Waals surface area (Å²) in [4.78, 5) is 0.166. The van der Waals surface area contributed by atoms with Crippen LogP contribution in [0.4, 0.5) is 0 Å². The zero-order valence-corrected chi connectivity index (χ0v) is 14.1. The maximum Gasteiger partial charge on any atom is 0.243 e. The van der Waals surface area contributed by atoms with Gasteiger partial charge in [0.15, 0.2) is 0 Å². The number of nitrogens with zero attached hydrogens (tertiary/aromatic N) is 2. The number of furan rings is 1. The Bertz CT molecular complexity index is 871. The second kappa shape index (κ2) is 7.02. The Hall–Kier alpha value is -2.38. The van der Waals surface area contributed by atoms with Crippen LogP contribution in [0.2, 0.25) is 0 Å². The van der Waals surface area contributed by atoms with Crippen molar-refractivity contribution in [2.75, 3.05) is 6.54 Å². The van der Waals surface area contributed by atoms with Crippen molar-refractivity contribution >= 4 is 10.0 Å². The Morgan fingerprint density at radius 2 is 2.00 bits per heavy atom. The molecular formula is C17H19N3O3S. The molecule has 1 aromatic carbocycles. The van der Waals surface area contributed by atoms with E-state index in [1.165, 1.54) is 17.1 Å². The lowest BCUT2D eigenvalue weighted by Gasteiger charge is -2.15. The van der Waals surface area contributed by atoms with Crippen molar-refractivity contribution in [2.45, 2.75) is 17.2 Å². The minimum Gasteiger partial charge on any atom is -0.469 e. The van der Waals surface area contributed by atoms with Crippen LogP contribution in [0.1, 0.15) is 23.7 Å². The van der Waals surface area contributed by atoms with Gasteiger partial charge in [0.1, 0.15) is 10.7 Å². The van der Waals surface area contributed by atoms with Gasteiger partial charge in [-0.2, -0.15) is 5.10 Å². The molecule has 6 nitrogen and oxygen atoms in total. The quantitative estimate of drug-likeness (QED) is 0.714. The van der Waals surface area contributed by atoms with Crippen molar-refractivity contribution in [1.29, 1.82) is 0 Å². The summed E-state index contributed by atoms with van der Waals surface area (Å²) in [6, 6.07) is 13.7. The van der Waals surface area contributed by atoms with Gasteiger partial charge in [0.05, 0.1) is 12.5 Å². The number of benzene rings is 1. The highest BCUT2D eigenvalue weighted by Gasteiger charge is 2.20. The van der Waals surface area contributed by atoms with E-state index in [4.69, 9.17) is 4.42 Å². The Kier molecular flexibility index (Phi) is 4.82. The molecule has 2 heterocycles. The number of aromatic nitrogens is 2. The molecule has 2 aromatic heterocycles. The predicted molar refractivity (Wildman–Crippen MR) is 90.0 cm³/mol. The highest BCUT2D eigenvalue weighted by molar-refractivity contribution is 7.89. The molecule has 0 aliphatic heterocycles. The number of sulfonamides is 1. The van der Waals surface area contributed by atoms with Crippen LogP contribution < -0.4 is 4.72 Å². The molecule has 3 aromatic rings. The van der Waals surface area contributed by atoms with Crippen LogP contribution in [0.25, 0.3) is 0 Å². The van der Waals surface area contributed by atoms with Crippen molar-refractivity contribution in [3.63, 3.8) is 0 Å². The molecule has 0 aliphatic rings. The molecule has 0 unspecified atom stereocenters. The van der Waals surface area contributed by atoms with Crippen molar-refractivity contribution < 1.29 is 12.8 Å². The monoisotopic (exact) mass is 345 g/mol. The van der Waals surface area contributed by atoms with Gasteiger partial charge in [0.2, 0.25) is 10.0 Å². The molecule has 0 saturated carbocycles. The van der Waals surface area contributed by atoms with Gasteiger partial charge in [-0.15, -0.1) is 0 Å². The summed E-state index contributed by atoms with van der Waals surface area (Å²) in [6.45, 7) is 0.303. The van der Waals surface area contributed by atoms with E-state index < -0.39 is 10.0 Å². The first-order chi connectivity index (χ1) is 11.6. The van der Waals surface area contributed by atoms with Crippen LogP contribution in [-0.2, 0) is 17.1 Å². The molecule has 1 atom stereocenters. The number of nitrogens with one attached hydrogen (secondary N) is 1. The largest absolute Gasteiger partial charge is 0.469 e. The molecule has 0 bridgehead atoms. The van der Waals surface area contributed by atoms with E-state index in [9.17, 15) is 8.42 Å². The maximum absolute atomic E-state index is 12.3. The van der Waals surface area contributed by atoms with Crippen LogP contribution in [0.3, 0.4) is 0 Å². The fraction of sp³-hybridized carbons (Fsp3) is 0.235. The lowest BCUT2D eigenvalue weighted by molar-refractivity contribution is 0.472. The van der Waals surface area contributed by atoms with E-state index in [2.05, 4.69) is 9.82 Å². The maximum atomic E-state index is 12.3. The topological polar surface area (TPSA) is 77.1 Å². The van der Waals surface area contributed by atoms with E-state index in [1.807, 2.05) is 42.5 Å². The van der Waals surface area contributed by atoms with Crippen molar-refractivity contribution in [1.82, 2.24) is 14.5 Å². The Balaban J connectivity index is 1.71. The zero-order chi connectivity index (χ0) is 17.0. The summed E-state index contributed by atoms with van der Waals surface area (Å²) in [5.74, 6) is 0.819. The minimum atomic E-state index is -3.55. The number of hydrogen-bond donors (Lipinski definition) is 1. The summed E-state index contributed by atoms with van der Waals surface area (Å²) >= 11 is 0. The van der Waals surface area contributed by atoms with E-state index in [0.29, 0.717) is 13.0 Å². The number of rotatable bonds is 7. The Morgan fingerprint density at radius 3 is 2.62 bits per heavy atom. The van der Waals surface area contributed by atoms with Crippen molar-refractivity contribution in [2.24, 2.45) is 7.05 Å². The number of aryl methyl sites for hydroxylation is 1. The molecule has 126 valence electrons.